The standard InChI is InChI=1S/C25H25N5O3/c1-28-22-8-5-18(11-17(22)12-26-28)27-21-4-2-3-16-9-10-29(25(32)24(16)21)13-23(31)30-19-6-7-20(30)15-33-14-19/h2-5,8-12,19-20,27H,6-7,13-15H2,1H3. The Hall–Kier alpha value is -3.65. The fraction of sp³-hybridized carbons (Fsp3) is 0.320. The summed E-state index contributed by atoms with van der Waals surface area (Å²) in [6, 6.07) is 13.9. The van der Waals surface area contributed by atoms with Crippen LogP contribution in [0.15, 0.2) is 59.7 Å². The maximum absolute atomic E-state index is 13.5. The van der Waals surface area contributed by atoms with E-state index in [2.05, 4.69) is 10.4 Å². The molecule has 2 aliphatic rings. The van der Waals surface area contributed by atoms with Crippen LogP contribution < -0.4 is 10.9 Å². The first-order valence-electron chi connectivity index (χ1n) is 11.3. The van der Waals surface area contributed by atoms with Crippen LogP contribution in [0.25, 0.3) is 21.7 Å². The lowest BCUT2D eigenvalue weighted by Crippen LogP contribution is -2.50. The SMILES string of the molecule is Cn1ncc2cc(Nc3cccc4ccn(CC(=O)N5C6CCC5COC6)c(=O)c34)ccc21. The molecule has 4 heterocycles. The van der Waals surface area contributed by atoms with Gasteiger partial charge in [-0.1, -0.05) is 12.1 Å². The molecule has 2 aromatic heterocycles. The van der Waals surface area contributed by atoms with E-state index in [1.807, 2.05) is 65.3 Å². The van der Waals surface area contributed by atoms with E-state index in [-0.39, 0.29) is 30.1 Å². The average molecular weight is 444 g/mol. The number of pyridine rings is 1. The molecule has 2 atom stereocenters. The Morgan fingerprint density at radius 1 is 1.12 bits per heavy atom. The van der Waals surface area contributed by atoms with Crippen LogP contribution in [0, 0.1) is 0 Å². The molecule has 2 aromatic carbocycles. The van der Waals surface area contributed by atoms with E-state index in [1.165, 1.54) is 4.57 Å². The lowest BCUT2D eigenvalue weighted by atomic mass is 10.1. The monoisotopic (exact) mass is 443 g/mol. The minimum Gasteiger partial charge on any atom is -0.377 e. The summed E-state index contributed by atoms with van der Waals surface area (Å²) in [4.78, 5) is 28.5. The summed E-state index contributed by atoms with van der Waals surface area (Å²) >= 11 is 0. The second kappa shape index (κ2) is 7.74. The first-order valence-corrected chi connectivity index (χ1v) is 11.3. The van der Waals surface area contributed by atoms with Crippen molar-refractivity contribution < 1.29 is 9.53 Å². The number of nitrogens with one attached hydrogen (secondary N) is 1. The molecule has 0 saturated carbocycles. The van der Waals surface area contributed by atoms with Crippen LogP contribution in [0.5, 0.6) is 0 Å². The summed E-state index contributed by atoms with van der Waals surface area (Å²) in [7, 11) is 1.91. The summed E-state index contributed by atoms with van der Waals surface area (Å²) in [6.45, 7) is 1.21. The van der Waals surface area contributed by atoms with Crippen molar-refractivity contribution in [1.29, 1.82) is 0 Å². The highest BCUT2D eigenvalue weighted by atomic mass is 16.5. The molecule has 33 heavy (non-hydrogen) atoms. The molecule has 2 aliphatic heterocycles. The Kier molecular flexibility index (Phi) is 4.69. The third-order valence-electron chi connectivity index (χ3n) is 6.86. The van der Waals surface area contributed by atoms with Crippen LogP contribution in [0.4, 0.5) is 11.4 Å². The van der Waals surface area contributed by atoms with Gasteiger partial charge in [0.1, 0.15) is 6.54 Å². The normalized spacial score (nSPS) is 20.0. The number of nitrogens with zero attached hydrogens (tertiary/aromatic N) is 4. The van der Waals surface area contributed by atoms with Crippen LogP contribution in [0.3, 0.4) is 0 Å². The smallest absolute Gasteiger partial charge is 0.261 e. The van der Waals surface area contributed by atoms with E-state index in [1.54, 1.807) is 6.20 Å². The van der Waals surface area contributed by atoms with Crippen molar-refractivity contribution in [2.75, 3.05) is 18.5 Å². The van der Waals surface area contributed by atoms with Gasteiger partial charge in [-0.15, -0.1) is 0 Å². The molecule has 2 bridgehead atoms. The number of hydrogen-bond acceptors (Lipinski definition) is 5. The zero-order chi connectivity index (χ0) is 22.5. The van der Waals surface area contributed by atoms with Crippen molar-refractivity contribution in [3.05, 3.63) is 65.2 Å². The predicted molar refractivity (Wildman–Crippen MR) is 127 cm³/mol. The Balaban J connectivity index is 1.33. The van der Waals surface area contributed by atoms with E-state index >= 15 is 0 Å². The van der Waals surface area contributed by atoms with Crippen LogP contribution in [0.1, 0.15) is 12.8 Å². The fourth-order valence-electron chi connectivity index (χ4n) is 5.22. The molecule has 2 saturated heterocycles. The number of fused-ring (bicyclic) bond motifs is 4. The molecule has 168 valence electrons. The number of morpholine rings is 1. The summed E-state index contributed by atoms with van der Waals surface area (Å²) in [6.07, 6.45) is 5.48. The Morgan fingerprint density at radius 3 is 2.76 bits per heavy atom. The molecule has 8 heteroatoms. The number of rotatable bonds is 4. The molecule has 4 aromatic rings. The number of carbonyl (C=O) groups excluding carboxylic acids is 1. The number of ether oxygens (including phenoxy) is 1. The van der Waals surface area contributed by atoms with Gasteiger partial charge in [-0.3, -0.25) is 14.3 Å². The molecule has 0 radical (unpaired) electrons. The van der Waals surface area contributed by atoms with Crippen molar-refractivity contribution in [3.8, 4) is 0 Å². The van der Waals surface area contributed by atoms with Crippen molar-refractivity contribution in [3.63, 3.8) is 0 Å². The van der Waals surface area contributed by atoms with Crippen molar-refractivity contribution in [2.24, 2.45) is 7.05 Å². The largest absolute Gasteiger partial charge is 0.377 e. The van der Waals surface area contributed by atoms with Gasteiger partial charge in [0.2, 0.25) is 5.91 Å². The number of anilines is 2. The summed E-state index contributed by atoms with van der Waals surface area (Å²) in [5, 5.41) is 10.1. The number of aryl methyl sites for hydroxylation is 1. The first kappa shape index (κ1) is 20.0. The summed E-state index contributed by atoms with van der Waals surface area (Å²) in [5.74, 6) is -0.0141. The van der Waals surface area contributed by atoms with Gasteiger partial charge in [-0.05, 0) is 48.6 Å². The van der Waals surface area contributed by atoms with Crippen LogP contribution in [0.2, 0.25) is 0 Å². The van der Waals surface area contributed by atoms with Gasteiger partial charge in [0.15, 0.2) is 0 Å². The Morgan fingerprint density at radius 2 is 1.94 bits per heavy atom. The minimum atomic E-state index is -0.174. The minimum absolute atomic E-state index is 0.0141. The van der Waals surface area contributed by atoms with Crippen LogP contribution in [-0.2, 0) is 23.1 Å². The van der Waals surface area contributed by atoms with Gasteiger partial charge in [0.05, 0.1) is 48.1 Å². The van der Waals surface area contributed by atoms with Crippen LogP contribution in [-0.4, -0.2) is 50.5 Å². The summed E-state index contributed by atoms with van der Waals surface area (Å²) < 4.78 is 8.94. The topological polar surface area (TPSA) is 81.4 Å². The highest BCUT2D eigenvalue weighted by Gasteiger charge is 2.40. The van der Waals surface area contributed by atoms with Crippen molar-refractivity contribution in [1.82, 2.24) is 19.2 Å². The Bertz CT molecular complexity index is 1420. The van der Waals surface area contributed by atoms with E-state index in [9.17, 15) is 9.59 Å². The molecule has 0 aliphatic carbocycles. The third-order valence-corrected chi connectivity index (χ3v) is 6.86. The molecule has 0 spiro atoms. The van der Waals surface area contributed by atoms with Crippen LogP contribution >= 0.6 is 0 Å². The zero-order valence-corrected chi connectivity index (χ0v) is 18.4. The number of aromatic nitrogens is 3. The highest BCUT2D eigenvalue weighted by Crippen LogP contribution is 2.29. The lowest BCUT2D eigenvalue weighted by Gasteiger charge is -2.34. The molecule has 1 N–H and O–H groups in total. The van der Waals surface area contributed by atoms with Crippen molar-refractivity contribution in [2.45, 2.75) is 31.5 Å². The quantitative estimate of drug-likeness (QED) is 0.524. The molecule has 2 fully saturated rings. The first-order chi connectivity index (χ1) is 16.1. The number of benzene rings is 2. The van der Waals surface area contributed by atoms with Gasteiger partial charge < -0.3 is 19.5 Å². The van der Waals surface area contributed by atoms with Gasteiger partial charge in [0.25, 0.3) is 5.56 Å². The molecule has 1 amide bonds. The maximum atomic E-state index is 13.5. The molecule has 6 rings (SSSR count). The third kappa shape index (κ3) is 3.38. The van der Waals surface area contributed by atoms with Gasteiger partial charge in [-0.25, -0.2) is 0 Å². The summed E-state index contributed by atoms with van der Waals surface area (Å²) in [5.41, 5.74) is 2.45. The van der Waals surface area contributed by atoms with E-state index in [0.29, 0.717) is 24.3 Å². The second-order valence-electron chi connectivity index (χ2n) is 8.91. The second-order valence-corrected chi connectivity index (χ2v) is 8.91. The Labute approximate surface area is 190 Å². The number of amides is 1. The highest BCUT2D eigenvalue weighted by molar-refractivity contribution is 5.95. The molecular weight excluding hydrogens is 418 g/mol. The predicted octanol–water partition coefficient (Wildman–Crippen LogP) is 3.02. The zero-order valence-electron chi connectivity index (χ0n) is 18.4. The average Bonchev–Trinajstić information content (AvgIpc) is 3.31. The van der Waals surface area contributed by atoms with Gasteiger partial charge in [0, 0.05) is 24.3 Å². The van der Waals surface area contributed by atoms with Crippen molar-refractivity contribution >= 4 is 39.0 Å². The van der Waals surface area contributed by atoms with E-state index < -0.39 is 0 Å². The maximum Gasteiger partial charge on any atom is 0.261 e. The molecular formula is C25H25N5O3. The van der Waals surface area contributed by atoms with Gasteiger partial charge in [-0.2, -0.15) is 5.10 Å². The van der Waals surface area contributed by atoms with Gasteiger partial charge >= 0.3 is 0 Å². The van der Waals surface area contributed by atoms with E-state index in [0.717, 1.165) is 34.8 Å². The molecule has 2 unspecified atom stereocenters. The molecule has 8 nitrogen and oxygen atoms in total. The fourth-order valence-corrected chi connectivity index (χ4v) is 5.22. The van der Waals surface area contributed by atoms with E-state index in [4.69, 9.17) is 4.74 Å². The lowest BCUT2D eigenvalue weighted by molar-refractivity contribution is -0.141. The number of hydrogen-bond donors (Lipinski definition) is 1. The number of carbonyl (C=O) groups is 1.